The summed E-state index contributed by atoms with van der Waals surface area (Å²) in [5.74, 6) is 1.15. The Morgan fingerprint density at radius 2 is 1.86 bits per heavy atom. The standard InChI is InChI=1S/C29H29N5O3/c1-4-17-33(29(36)31-22-10-8-9-21(18-22)19-30)20(3)27-32-26-12-7-6-11-25(26)28(35)34(27)23-13-15-24(16-14-23)37-5-2/h6-16,18,20H,4-5,17H2,1-3H3,(H,31,36). The highest BCUT2D eigenvalue weighted by atomic mass is 16.5. The minimum absolute atomic E-state index is 0.213. The van der Waals surface area contributed by atoms with Crippen LogP contribution in [0.4, 0.5) is 10.5 Å². The first-order chi connectivity index (χ1) is 18.0. The number of carbonyl (C=O) groups excluding carboxylic acids is 1. The first-order valence-electron chi connectivity index (χ1n) is 12.3. The summed E-state index contributed by atoms with van der Waals surface area (Å²) in [6.07, 6.45) is 0.705. The van der Waals surface area contributed by atoms with Crippen LogP contribution >= 0.6 is 0 Å². The van der Waals surface area contributed by atoms with Crippen LogP contribution in [0.2, 0.25) is 0 Å². The first kappa shape index (κ1) is 25.5. The summed E-state index contributed by atoms with van der Waals surface area (Å²) < 4.78 is 7.13. The molecule has 0 aliphatic heterocycles. The number of fused-ring (bicyclic) bond motifs is 1. The summed E-state index contributed by atoms with van der Waals surface area (Å²) in [6, 6.07) is 22.4. The maximum Gasteiger partial charge on any atom is 0.322 e. The zero-order chi connectivity index (χ0) is 26.4. The van der Waals surface area contributed by atoms with Crippen LogP contribution in [-0.2, 0) is 0 Å². The van der Waals surface area contributed by atoms with Crippen molar-refractivity contribution in [3.05, 3.63) is 94.5 Å². The third kappa shape index (κ3) is 5.46. The van der Waals surface area contributed by atoms with Crippen molar-refractivity contribution in [2.45, 2.75) is 33.2 Å². The predicted octanol–water partition coefficient (Wildman–Crippen LogP) is 5.66. The molecule has 0 spiro atoms. The lowest BCUT2D eigenvalue weighted by atomic mass is 10.1. The van der Waals surface area contributed by atoms with Gasteiger partial charge in [0.05, 0.1) is 40.9 Å². The molecule has 0 saturated carbocycles. The number of aromatic nitrogens is 2. The average molecular weight is 496 g/mol. The number of amides is 2. The Morgan fingerprint density at radius 3 is 2.57 bits per heavy atom. The van der Waals surface area contributed by atoms with Crippen molar-refractivity contribution in [3.63, 3.8) is 0 Å². The summed E-state index contributed by atoms with van der Waals surface area (Å²) >= 11 is 0. The maximum atomic E-state index is 13.7. The Kier molecular flexibility index (Phi) is 7.84. The van der Waals surface area contributed by atoms with Crippen molar-refractivity contribution in [2.24, 2.45) is 0 Å². The molecule has 1 heterocycles. The van der Waals surface area contributed by atoms with Crippen molar-refractivity contribution in [2.75, 3.05) is 18.5 Å². The van der Waals surface area contributed by atoms with E-state index in [1.54, 1.807) is 45.9 Å². The normalized spacial score (nSPS) is 11.5. The number of ether oxygens (including phenoxy) is 1. The van der Waals surface area contributed by atoms with Crippen LogP contribution in [0.15, 0.2) is 77.6 Å². The minimum Gasteiger partial charge on any atom is -0.494 e. The molecule has 1 unspecified atom stereocenters. The largest absolute Gasteiger partial charge is 0.494 e. The number of anilines is 1. The molecular weight excluding hydrogens is 466 g/mol. The highest BCUT2D eigenvalue weighted by Crippen LogP contribution is 2.25. The van der Waals surface area contributed by atoms with Gasteiger partial charge in [0, 0.05) is 12.2 Å². The highest BCUT2D eigenvalue weighted by molar-refractivity contribution is 5.90. The third-order valence-corrected chi connectivity index (χ3v) is 6.02. The van der Waals surface area contributed by atoms with Gasteiger partial charge in [-0.05, 0) is 74.9 Å². The molecule has 37 heavy (non-hydrogen) atoms. The number of benzene rings is 3. The fourth-order valence-corrected chi connectivity index (χ4v) is 4.25. The number of nitrogens with one attached hydrogen (secondary N) is 1. The van der Waals surface area contributed by atoms with Crippen LogP contribution in [0.25, 0.3) is 16.6 Å². The third-order valence-electron chi connectivity index (χ3n) is 6.02. The van der Waals surface area contributed by atoms with Crippen LogP contribution < -0.4 is 15.6 Å². The lowest BCUT2D eigenvalue weighted by Crippen LogP contribution is -2.40. The molecule has 0 fully saturated rings. The van der Waals surface area contributed by atoms with Gasteiger partial charge in [-0.3, -0.25) is 9.36 Å². The van der Waals surface area contributed by atoms with E-state index in [0.717, 1.165) is 0 Å². The van der Waals surface area contributed by atoms with Gasteiger partial charge >= 0.3 is 6.03 Å². The molecule has 0 radical (unpaired) electrons. The molecule has 0 saturated heterocycles. The zero-order valence-corrected chi connectivity index (χ0v) is 21.1. The Bertz CT molecular complexity index is 1510. The van der Waals surface area contributed by atoms with E-state index in [0.29, 0.717) is 59.0 Å². The van der Waals surface area contributed by atoms with Gasteiger partial charge in [0.2, 0.25) is 0 Å². The number of carbonyl (C=O) groups is 1. The molecule has 1 N–H and O–H groups in total. The SMILES string of the molecule is CCCN(C(=O)Nc1cccc(C#N)c1)C(C)c1nc2ccccc2c(=O)n1-c1ccc(OCC)cc1. The molecule has 3 aromatic carbocycles. The number of urea groups is 1. The van der Waals surface area contributed by atoms with Crippen molar-refractivity contribution in [1.29, 1.82) is 5.26 Å². The van der Waals surface area contributed by atoms with E-state index in [-0.39, 0.29) is 11.6 Å². The van der Waals surface area contributed by atoms with Gasteiger partial charge in [0.25, 0.3) is 5.56 Å². The van der Waals surface area contributed by atoms with Crippen molar-refractivity contribution < 1.29 is 9.53 Å². The molecular formula is C29H29N5O3. The molecule has 8 nitrogen and oxygen atoms in total. The smallest absolute Gasteiger partial charge is 0.322 e. The molecule has 188 valence electrons. The van der Waals surface area contributed by atoms with Crippen molar-refractivity contribution in [3.8, 4) is 17.5 Å². The maximum absolute atomic E-state index is 13.7. The van der Waals surface area contributed by atoms with Gasteiger partial charge in [-0.1, -0.05) is 25.1 Å². The number of nitriles is 1. The molecule has 1 atom stereocenters. The second-order valence-electron chi connectivity index (χ2n) is 8.55. The monoisotopic (exact) mass is 495 g/mol. The summed E-state index contributed by atoms with van der Waals surface area (Å²) in [4.78, 5) is 33.7. The van der Waals surface area contributed by atoms with Crippen LogP contribution in [-0.4, -0.2) is 33.6 Å². The van der Waals surface area contributed by atoms with Gasteiger partial charge in [0.1, 0.15) is 11.6 Å². The summed E-state index contributed by atoms with van der Waals surface area (Å²) in [5, 5.41) is 12.6. The molecule has 0 aliphatic rings. The van der Waals surface area contributed by atoms with E-state index in [2.05, 4.69) is 11.4 Å². The van der Waals surface area contributed by atoms with Gasteiger partial charge in [-0.25, -0.2) is 9.78 Å². The Morgan fingerprint density at radius 1 is 1.11 bits per heavy atom. The number of hydrogen-bond donors (Lipinski definition) is 1. The van der Waals surface area contributed by atoms with E-state index in [1.807, 2.05) is 57.2 Å². The van der Waals surface area contributed by atoms with Crippen molar-refractivity contribution in [1.82, 2.24) is 14.5 Å². The number of rotatable bonds is 8. The van der Waals surface area contributed by atoms with Crippen molar-refractivity contribution >= 4 is 22.6 Å². The van der Waals surface area contributed by atoms with Gasteiger partial charge < -0.3 is 15.0 Å². The average Bonchev–Trinajstić information content (AvgIpc) is 2.92. The molecule has 4 rings (SSSR count). The van der Waals surface area contributed by atoms with Crippen LogP contribution in [0.3, 0.4) is 0 Å². The fourth-order valence-electron chi connectivity index (χ4n) is 4.25. The van der Waals surface area contributed by atoms with E-state index >= 15 is 0 Å². The quantitative estimate of drug-likeness (QED) is 0.340. The van der Waals surface area contributed by atoms with Crippen LogP contribution in [0.5, 0.6) is 5.75 Å². The Hall–Kier alpha value is -4.64. The van der Waals surface area contributed by atoms with Crippen LogP contribution in [0, 0.1) is 11.3 Å². The molecule has 2 amide bonds. The van der Waals surface area contributed by atoms with E-state index in [4.69, 9.17) is 9.72 Å². The van der Waals surface area contributed by atoms with E-state index in [1.165, 1.54) is 0 Å². The first-order valence-corrected chi connectivity index (χ1v) is 12.3. The molecule has 1 aromatic heterocycles. The number of nitrogens with zero attached hydrogens (tertiary/aromatic N) is 4. The van der Waals surface area contributed by atoms with Gasteiger partial charge in [-0.15, -0.1) is 0 Å². The Labute approximate surface area is 215 Å². The summed E-state index contributed by atoms with van der Waals surface area (Å²) in [6.45, 7) is 6.74. The summed E-state index contributed by atoms with van der Waals surface area (Å²) in [5.41, 5.74) is 1.96. The van der Waals surface area contributed by atoms with Gasteiger partial charge in [-0.2, -0.15) is 5.26 Å². The summed E-state index contributed by atoms with van der Waals surface area (Å²) in [7, 11) is 0. The second-order valence-corrected chi connectivity index (χ2v) is 8.55. The minimum atomic E-state index is -0.539. The molecule has 4 aromatic rings. The zero-order valence-electron chi connectivity index (χ0n) is 21.1. The lowest BCUT2D eigenvalue weighted by Gasteiger charge is -2.30. The number of para-hydroxylation sites is 1. The lowest BCUT2D eigenvalue weighted by molar-refractivity contribution is 0.189. The Balaban J connectivity index is 1.80. The molecule has 8 heteroatoms. The molecule has 0 aliphatic carbocycles. The van der Waals surface area contributed by atoms with E-state index in [9.17, 15) is 14.9 Å². The highest BCUT2D eigenvalue weighted by Gasteiger charge is 2.26. The van der Waals surface area contributed by atoms with E-state index < -0.39 is 6.04 Å². The fraction of sp³-hybridized carbons (Fsp3) is 0.241. The second kappa shape index (κ2) is 11.4. The topological polar surface area (TPSA) is 100 Å². The van der Waals surface area contributed by atoms with Gasteiger partial charge in [0.15, 0.2) is 0 Å². The number of hydrogen-bond acceptors (Lipinski definition) is 5. The van der Waals surface area contributed by atoms with Crippen LogP contribution in [0.1, 0.15) is 44.6 Å². The predicted molar refractivity (Wildman–Crippen MR) is 144 cm³/mol. The molecule has 0 bridgehead atoms.